The Kier molecular flexibility index (Phi) is 13.5. The van der Waals surface area contributed by atoms with E-state index in [1.165, 1.54) is 11.0 Å². The highest BCUT2D eigenvalue weighted by molar-refractivity contribution is 5.91. The summed E-state index contributed by atoms with van der Waals surface area (Å²) in [7, 11) is 3.86. The van der Waals surface area contributed by atoms with Gasteiger partial charge in [-0.2, -0.15) is 4.68 Å². The number of pyridine rings is 1. The zero-order chi connectivity index (χ0) is 43.8. The average Bonchev–Trinajstić information content (AvgIpc) is 3.81. The van der Waals surface area contributed by atoms with E-state index < -0.39 is 71.8 Å². The van der Waals surface area contributed by atoms with Crippen LogP contribution >= 0.6 is 0 Å². The maximum atomic E-state index is 14.5. The van der Waals surface area contributed by atoms with Gasteiger partial charge in [0.15, 0.2) is 17.7 Å². The van der Waals surface area contributed by atoms with Gasteiger partial charge in [-0.15, -0.1) is 5.10 Å². The number of oxime groups is 1. The fourth-order valence-corrected chi connectivity index (χ4v) is 10.3. The molecule has 1 amide bonds. The number of amides is 1. The highest BCUT2D eigenvalue weighted by atomic mass is 16.7. The molecule has 0 aliphatic carbocycles. The minimum atomic E-state index is -1.15. The molecule has 5 aliphatic heterocycles. The molecule has 0 saturated carbocycles. The molecule has 2 aromatic rings. The quantitative estimate of drug-likeness (QED) is 0.299. The lowest BCUT2D eigenvalue weighted by Crippen LogP contribution is -2.60. The highest BCUT2D eigenvalue weighted by Gasteiger charge is 2.60. The Morgan fingerprint density at radius 3 is 2.56 bits per heavy atom. The van der Waals surface area contributed by atoms with Crippen LogP contribution in [-0.2, 0) is 44.7 Å². The molecule has 14 atom stereocenters. The molecule has 4 bridgehead atoms. The van der Waals surface area contributed by atoms with E-state index in [1.807, 2.05) is 59.7 Å². The molecule has 19 nitrogen and oxygen atoms in total. The number of hydrogen-bond donors (Lipinski definition) is 1. The van der Waals surface area contributed by atoms with E-state index in [-0.39, 0.29) is 43.8 Å². The third kappa shape index (κ3) is 9.04. The lowest BCUT2D eigenvalue weighted by molar-refractivity contribution is -0.302. The van der Waals surface area contributed by atoms with Crippen LogP contribution in [0.15, 0.2) is 34.8 Å². The predicted octanol–water partition coefficient (Wildman–Crippen LogP) is 3.22. The fraction of sp³-hybridized carbons (Fsp3) is 0.762. The first-order chi connectivity index (χ1) is 29.0. The third-order valence-electron chi connectivity index (χ3n) is 13.4. The fourth-order valence-electron chi connectivity index (χ4n) is 10.3. The number of rotatable bonds is 8. The largest absolute Gasteiger partial charge is 0.458 e. The molecule has 0 aromatic carbocycles. The average molecular weight is 854 g/mol. The van der Waals surface area contributed by atoms with Crippen LogP contribution in [0.2, 0.25) is 0 Å². The Balaban J connectivity index is 1.27. The molecule has 1 N–H and O–H groups in total. The standard InChI is InChI=1S/C42H63N9O10/c1-11-31-42(8)36-25(4)33(43-14-15-50(36)40(54)61-42)23(2)17-41(7)37(60-39-34(52)30(49(9)10)16-24(3)58-39)26(5)35(27(6)38(53)59-31)55-20-29(21-56-41)46-57-19-28-12-13-32(44-18-28)51-22-45-47-48-51/h12-13,18,22-27,30-31,34-37,39,52H,11,14-17,19-21H2,1-10H3/t23-,24+,25+,26+,27+,30-,31-,34+,35+,36-,37-,39-,41-,42-/m1/s1. The van der Waals surface area contributed by atoms with Gasteiger partial charge in [-0.1, -0.05) is 38.9 Å². The van der Waals surface area contributed by atoms with Gasteiger partial charge in [0.05, 0.1) is 55.6 Å². The topological polar surface area (TPSA) is 207 Å². The molecule has 0 spiro atoms. The van der Waals surface area contributed by atoms with Crippen molar-refractivity contribution >= 4 is 23.5 Å². The Labute approximate surface area is 357 Å². The molecule has 61 heavy (non-hydrogen) atoms. The predicted molar refractivity (Wildman–Crippen MR) is 220 cm³/mol. The van der Waals surface area contributed by atoms with Crippen LogP contribution in [-0.4, -0.2) is 164 Å². The van der Waals surface area contributed by atoms with Crippen molar-refractivity contribution in [2.45, 2.75) is 141 Å². The second-order valence-corrected chi connectivity index (χ2v) is 18.1. The normalized spacial score (nSPS) is 39.4. The van der Waals surface area contributed by atoms with E-state index in [4.69, 9.17) is 38.3 Å². The number of esters is 1. The molecule has 4 fully saturated rings. The molecule has 2 aromatic heterocycles. The first kappa shape index (κ1) is 44.9. The van der Waals surface area contributed by atoms with Crippen molar-refractivity contribution in [3.63, 3.8) is 0 Å². The molecule has 0 radical (unpaired) electrons. The zero-order valence-corrected chi connectivity index (χ0v) is 37.0. The molecule has 19 heteroatoms. The monoisotopic (exact) mass is 853 g/mol. The van der Waals surface area contributed by atoms with Crippen LogP contribution in [0.5, 0.6) is 0 Å². The first-order valence-electron chi connectivity index (χ1n) is 21.6. The molecule has 7 rings (SSSR count). The molecule has 5 aliphatic rings. The Morgan fingerprint density at radius 1 is 1.08 bits per heavy atom. The summed E-state index contributed by atoms with van der Waals surface area (Å²) in [5.41, 5.74) is -0.149. The summed E-state index contributed by atoms with van der Waals surface area (Å²) in [5, 5.41) is 27.5. The lowest BCUT2D eigenvalue weighted by Gasteiger charge is -2.48. The summed E-state index contributed by atoms with van der Waals surface area (Å²) in [5.74, 6) is -1.78. The SMILES string of the molecule is CC[C@H]1OC(=O)[C@@H](C)[C@H]2OCC(=NOCc3ccc(-n4cnnn4)nc3)CO[C@](C)(C[C@@H](C)C3=NCCN4C(=O)O[C@@]1(C)[C@H]4[C@H]3C)[C@H](O[C@H]1O[C@@H](C)C[C@@H](N(C)C)[C@@H]1O)[C@H]2C. The van der Waals surface area contributed by atoms with Gasteiger partial charge in [-0.05, 0) is 83.5 Å². The number of aliphatic imine (C=N–C) groups is 1. The minimum Gasteiger partial charge on any atom is -0.458 e. The Hall–Kier alpha value is -4.14. The summed E-state index contributed by atoms with van der Waals surface area (Å²) >= 11 is 0. The maximum absolute atomic E-state index is 14.5. The van der Waals surface area contributed by atoms with Gasteiger partial charge in [0.25, 0.3) is 0 Å². The van der Waals surface area contributed by atoms with E-state index >= 15 is 0 Å². The van der Waals surface area contributed by atoms with Crippen molar-refractivity contribution in [1.82, 2.24) is 35.0 Å². The zero-order valence-electron chi connectivity index (χ0n) is 37.0. The number of ether oxygens (including phenoxy) is 6. The van der Waals surface area contributed by atoms with Gasteiger partial charge in [-0.25, -0.2) is 9.78 Å². The summed E-state index contributed by atoms with van der Waals surface area (Å²) in [6.07, 6.45) is -0.454. The third-order valence-corrected chi connectivity index (χ3v) is 13.4. The molecule has 0 unspecified atom stereocenters. The number of nitrogens with zero attached hydrogens (tertiary/aromatic N) is 9. The number of aliphatic hydroxyl groups is 1. The summed E-state index contributed by atoms with van der Waals surface area (Å²) in [4.78, 5) is 47.3. The summed E-state index contributed by atoms with van der Waals surface area (Å²) in [6.45, 7) is 16.5. The number of carbonyl (C=O) groups is 2. The molecular formula is C42H63N9O10. The smallest absolute Gasteiger partial charge is 0.410 e. The first-order valence-corrected chi connectivity index (χ1v) is 21.6. The van der Waals surface area contributed by atoms with E-state index in [1.54, 1.807) is 24.1 Å². The number of aromatic nitrogens is 5. The second kappa shape index (κ2) is 18.3. The van der Waals surface area contributed by atoms with E-state index in [2.05, 4.69) is 39.5 Å². The van der Waals surface area contributed by atoms with Crippen molar-refractivity contribution < 1.29 is 48.0 Å². The molecule has 7 heterocycles. The van der Waals surface area contributed by atoms with Gasteiger partial charge >= 0.3 is 12.1 Å². The van der Waals surface area contributed by atoms with Gasteiger partial charge in [0.2, 0.25) is 0 Å². The van der Waals surface area contributed by atoms with Crippen molar-refractivity contribution in [2.75, 3.05) is 40.4 Å². The van der Waals surface area contributed by atoms with Crippen LogP contribution in [0.25, 0.3) is 5.82 Å². The number of carbonyl (C=O) groups excluding carboxylic acids is 2. The number of likely N-dealkylation sites (N-methyl/N-ethyl adjacent to an activating group) is 1. The van der Waals surface area contributed by atoms with E-state index in [0.717, 1.165) is 11.3 Å². The number of hydrogen-bond acceptors (Lipinski definition) is 17. The van der Waals surface area contributed by atoms with Gasteiger partial charge in [-0.3, -0.25) is 14.7 Å². The van der Waals surface area contributed by atoms with Crippen molar-refractivity contribution in [3.8, 4) is 5.82 Å². The lowest BCUT2D eigenvalue weighted by atomic mass is 9.72. The van der Waals surface area contributed by atoms with Crippen LogP contribution in [0.3, 0.4) is 0 Å². The van der Waals surface area contributed by atoms with Crippen LogP contribution < -0.4 is 0 Å². The maximum Gasteiger partial charge on any atom is 0.410 e. The van der Waals surface area contributed by atoms with Gasteiger partial charge in [0, 0.05) is 41.9 Å². The second-order valence-electron chi connectivity index (χ2n) is 18.1. The van der Waals surface area contributed by atoms with Crippen LogP contribution in [0, 0.1) is 23.7 Å². The number of aliphatic hydroxyl groups excluding tert-OH is 1. The van der Waals surface area contributed by atoms with Crippen LogP contribution in [0.4, 0.5) is 4.79 Å². The van der Waals surface area contributed by atoms with Crippen molar-refractivity contribution in [2.24, 2.45) is 33.8 Å². The highest BCUT2D eigenvalue weighted by Crippen LogP contribution is 2.45. The summed E-state index contributed by atoms with van der Waals surface area (Å²) < 4.78 is 41.3. The van der Waals surface area contributed by atoms with Crippen LogP contribution in [0.1, 0.15) is 80.2 Å². The molecular weight excluding hydrogens is 791 g/mol. The minimum absolute atomic E-state index is 0.000604. The summed E-state index contributed by atoms with van der Waals surface area (Å²) in [6, 6.07) is 2.94. The number of cyclic esters (lactones) is 1. The number of tetrazole rings is 1. The van der Waals surface area contributed by atoms with Crippen molar-refractivity contribution in [3.05, 3.63) is 30.2 Å². The molecule has 336 valence electrons. The Morgan fingerprint density at radius 2 is 1.87 bits per heavy atom. The molecule has 4 saturated heterocycles. The van der Waals surface area contributed by atoms with Gasteiger partial charge in [0.1, 0.15) is 30.9 Å². The van der Waals surface area contributed by atoms with Crippen molar-refractivity contribution in [1.29, 1.82) is 0 Å². The van der Waals surface area contributed by atoms with E-state index in [9.17, 15) is 14.7 Å². The van der Waals surface area contributed by atoms with Gasteiger partial charge < -0.3 is 43.3 Å². The Bertz CT molecular complexity index is 1900. The van der Waals surface area contributed by atoms with E-state index in [0.29, 0.717) is 43.9 Å². The number of fused-ring (bicyclic) bond motifs is 4.